The summed E-state index contributed by atoms with van der Waals surface area (Å²) in [6.45, 7) is 0. The van der Waals surface area contributed by atoms with Gasteiger partial charge in [-0.2, -0.15) is 13.2 Å². The average Bonchev–Trinajstić information content (AvgIpc) is 2.71. The highest BCUT2D eigenvalue weighted by atomic mass is 19.4. The van der Waals surface area contributed by atoms with Crippen molar-refractivity contribution < 1.29 is 32.3 Å². The highest BCUT2D eigenvalue weighted by Gasteiger charge is 2.35. The zero-order chi connectivity index (χ0) is 22.6. The molecule has 31 heavy (non-hydrogen) atoms. The second-order valence-electron chi connectivity index (χ2n) is 6.21. The second kappa shape index (κ2) is 8.67. The van der Waals surface area contributed by atoms with E-state index < -0.39 is 35.0 Å². The van der Waals surface area contributed by atoms with Gasteiger partial charge in [-0.25, -0.2) is 14.2 Å². The van der Waals surface area contributed by atoms with E-state index in [1.165, 1.54) is 12.3 Å². The fraction of sp³-hybridized carbons (Fsp3) is 0.0455. The van der Waals surface area contributed by atoms with Crippen LogP contribution in [0.2, 0.25) is 0 Å². The molecule has 1 aromatic heterocycles. The fourth-order valence-electron chi connectivity index (χ4n) is 2.61. The first-order valence-electron chi connectivity index (χ1n) is 8.63. The molecule has 0 saturated heterocycles. The summed E-state index contributed by atoms with van der Waals surface area (Å²) in [6, 6.07) is 10.2. The standard InChI is InChI=1S/C22H12F4N2O3/c23-16-10-14(9-15(12-16)21(30)31)5-4-13-6-7-18(22(24,25)26)17(11-13)20(29)28-19-3-1-2-8-27-19/h1-3,6-12H,(H,30,31)(H,27,28,29). The maximum atomic E-state index is 13.6. The molecule has 0 bridgehead atoms. The number of hydrogen-bond donors (Lipinski definition) is 2. The number of carboxylic acid groups (broad SMARTS) is 1. The Balaban J connectivity index is 1.99. The third-order valence-corrected chi connectivity index (χ3v) is 3.97. The third kappa shape index (κ3) is 5.45. The van der Waals surface area contributed by atoms with E-state index in [4.69, 9.17) is 5.11 Å². The van der Waals surface area contributed by atoms with Crippen molar-refractivity contribution in [1.82, 2.24) is 4.98 Å². The van der Waals surface area contributed by atoms with E-state index in [-0.39, 0.29) is 22.5 Å². The van der Waals surface area contributed by atoms with E-state index in [9.17, 15) is 27.2 Å². The maximum Gasteiger partial charge on any atom is 0.417 e. The number of nitrogens with one attached hydrogen (secondary N) is 1. The number of carboxylic acids is 1. The van der Waals surface area contributed by atoms with E-state index in [2.05, 4.69) is 22.1 Å². The predicted molar refractivity (Wildman–Crippen MR) is 103 cm³/mol. The highest BCUT2D eigenvalue weighted by Crippen LogP contribution is 2.32. The van der Waals surface area contributed by atoms with Crippen molar-refractivity contribution in [3.63, 3.8) is 0 Å². The average molecular weight is 428 g/mol. The molecule has 0 aliphatic rings. The van der Waals surface area contributed by atoms with E-state index in [0.717, 1.165) is 30.3 Å². The van der Waals surface area contributed by atoms with Crippen LogP contribution in [0, 0.1) is 17.7 Å². The molecule has 0 saturated carbocycles. The molecule has 0 fully saturated rings. The first-order valence-corrected chi connectivity index (χ1v) is 8.63. The zero-order valence-electron chi connectivity index (χ0n) is 15.5. The number of anilines is 1. The number of hydrogen-bond acceptors (Lipinski definition) is 3. The lowest BCUT2D eigenvalue weighted by atomic mass is 10.0. The van der Waals surface area contributed by atoms with E-state index in [1.54, 1.807) is 12.1 Å². The summed E-state index contributed by atoms with van der Waals surface area (Å²) in [5, 5.41) is 11.3. The van der Waals surface area contributed by atoms with Gasteiger partial charge in [-0.1, -0.05) is 17.9 Å². The van der Waals surface area contributed by atoms with Crippen molar-refractivity contribution in [3.8, 4) is 11.8 Å². The Labute approximate surface area is 173 Å². The van der Waals surface area contributed by atoms with Crippen LogP contribution >= 0.6 is 0 Å². The van der Waals surface area contributed by atoms with Crippen molar-refractivity contribution >= 4 is 17.7 Å². The molecule has 3 rings (SSSR count). The highest BCUT2D eigenvalue weighted by molar-refractivity contribution is 6.05. The normalized spacial score (nSPS) is 10.7. The zero-order valence-corrected chi connectivity index (χ0v) is 15.5. The topological polar surface area (TPSA) is 79.3 Å². The fourth-order valence-corrected chi connectivity index (χ4v) is 2.61. The van der Waals surface area contributed by atoms with Crippen LogP contribution in [0.25, 0.3) is 0 Å². The number of rotatable bonds is 3. The minimum absolute atomic E-state index is 0.0109. The molecular weight excluding hydrogens is 416 g/mol. The lowest BCUT2D eigenvalue weighted by Crippen LogP contribution is -2.19. The SMILES string of the molecule is O=C(O)c1cc(F)cc(C#Cc2ccc(C(F)(F)F)c(C(=O)Nc3ccccn3)c2)c1. The molecule has 1 heterocycles. The summed E-state index contributed by atoms with van der Waals surface area (Å²) in [4.78, 5) is 27.3. The molecule has 9 heteroatoms. The van der Waals surface area contributed by atoms with E-state index in [1.807, 2.05) is 0 Å². The molecule has 2 N–H and O–H groups in total. The summed E-state index contributed by atoms with van der Waals surface area (Å²) in [5.74, 6) is 1.86. The molecule has 3 aromatic rings. The van der Waals surface area contributed by atoms with Crippen molar-refractivity contribution in [3.05, 3.63) is 94.4 Å². The molecular formula is C22H12F4N2O3. The first kappa shape index (κ1) is 21.5. The molecule has 0 radical (unpaired) electrons. The summed E-state index contributed by atoms with van der Waals surface area (Å²) >= 11 is 0. The van der Waals surface area contributed by atoms with Gasteiger partial charge in [0.1, 0.15) is 11.6 Å². The minimum atomic E-state index is -4.79. The Bertz CT molecular complexity index is 1210. The smallest absolute Gasteiger partial charge is 0.417 e. The number of carbonyl (C=O) groups is 2. The van der Waals surface area contributed by atoms with Gasteiger partial charge >= 0.3 is 12.1 Å². The van der Waals surface area contributed by atoms with Crippen LogP contribution in [0.5, 0.6) is 0 Å². The molecule has 0 atom stereocenters. The van der Waals surface area contributed by atoms with Crippen LogP contribution in [0.4, 0.5) is 23.4 Å². The van der Waals surface area contributed by atoms with Crippen LogP contribution in [0.1, 0.15) is 37.4 Å². The molecule has 0 unspecified atom stereocenters. The van der Waals surface area contributed by atoms with Crippen LogP contribution in [-0.4, -0.2) is 22.0 Å². The van der Waals surface area contributed by atoms with Crippen LogP contribution in [0.15, 0.2) is 60.8 Å². The number of carbonyl (C=O) groups excluding carboxylic acids is 1. The summed E-state index contributed by atoms with van der Waals surface area (Å²) in [5.41, 5.74) is -2.11. The summed E-state index contributed by atoms with van der Waals surface area (Å²) in [6.07, 6.45) is -3.42. The second-order valence-corrected chi connectivity index (χ2v) is 6.21. The monoisotopic (exact) mass is 428 g/mol. The quantitative estimate of drug-likeness (QED) is 0.473. The minimum Gasteiger partial charge on any atom is -0.478 e. The van der Waals surface area contributed by atoms with Gasteiger partial charge < -0.3 is 10.4 Å². The Kier molecular flexibility index (Phi) is 6.02. The van der Waals surface area contributed by atoms with Gasteiger partial charge in [-0.3, -0.25) is 4.79 Å². The van der Waals surface area contributed by atoms with Crippen LogP contribution in [0.3, 0.4) is 0 Å². The van der Waals surface area contributed by atoms with Gasteiger partial charge in [0.2, 0.25) is 0 Å². The van der Waals surface area contributed by atoms with Crippen LogP contribution < -0.4 is 5.32 Å². The van der Waals surface area contributed by atoms with Gasteiger partial charge in [-0.15, -0.1) is 0 Å². The van der Waals surface area contributed by atoms with Gasteiger partial charge in [0.15, 0.2) is 0 Å². The van der Waals surface area contributed by atoms with E-state index in [0.29, 0.717) is 6.07 Å². The van der Waals surface area contributed by atoms with Gasteiger partial charge in [0.25, 0.3) is 5.91 Å². The lowest BCUT2D eigenvalue weighted by molar-refractivity contribution is -0.137. The molecule has 2 aromatic carbocycles. The van der Waals surface area contributed by atoms with E-state index >= 15 is 0 Å². The number of amides is 1. The third-order valence-electron chi connectivity index (χ3n) is 3.97. The van der Waals surface area contributed by atoms with Crippen molar-refractivity contribution in [2.45, 2.75) is 6.18 Å². The van der Waals surface area contributed by atoms with Crippen LogP contribution in [-0.2, 0) is 6.18 Å². The van der Waals surface area contributed by atoms with Gasteiger partial charge in [0, 0.05) is 17.3 Å². The molecule has 0 aliphatic carbocycles. The number of aromatic nitrogens is 1. The Morgan fingerprint density at radius 1 is 0.968 bits per heavy atom. The number of alkyl halides is 3. The largest absolute Gasteiger partial charge is 0.478 e. The van der Waals surface area contributed by atoms with Crippen molar-refractivity contribution in [1.29, 1.82) is 0 Å². The number of benzene rings is 2. The molecule has 0 spiro atoms. The van der Waals surface area contributed by atoms with Crippen molar-refractivity contribution in [2.24, 2.45) is 0 Å². The summed E-state index contributed by atoms with van der Waals surface area (Å²) in [7, 11) is 0. The molecule has 0 aliphatic heterocycles. The first-order chi connectivity index (χ1) is 14.6. The van der Waals surface area contributed by atoms with Gasteiger partial charge in [0.05, 0.1) is 16.7 Å². The molecule has 156 valence electrons. The Morgan fingerprint density at radius 2 is 1.71 bits per heavy atom. The number of aromatic carboxylic acids is 1. The predicted octanol–water partition coefficient (Wildman–Crippen LogP) is 4.59. The maximum absolute atomic E-state index is 13.6. The van der Waals surface area contributed by atoms with Crippen molar-refractivity contribution in [2.75, 3.05) is 5.32 Å². The summed E-state index contributed by atoms with van der Waals surface area (Å²) < 4.78 is 53.7. The molecule has 5 nitrogen and oxygen atoms in total. The van der Waals surface area contributed by atoms with Gasteiger partial charge in [-0.05, 0) is 48.5 Å². The number of pyridine rings is 1. The number of nitrogens with zero attached hydrogens (tertiary/aromatic N) is 1. The number of halogens is 4. The lowest BCUT2D eigenvalue weighted by Gasteiger charge is -2.13. The Morgan fingerprint density at radius 3 is 2.35 bits per heavy atom. The Hall–Kier alpha value is -4.19. The molecule has 1 amide bonds.